The molecule has 4 N–H and O–H groups in total. The number of hydrogen-bond acceptors (Lipinski definition) is 5. The van der Waals surface area contributed by atoms with Crippen LogP contribution in [0.3, 0.4) is 0 Å². The molecule has 0 aliphatic heterocycles. The molecule has 2 amide bonds. The lowest BCUT2D eigenvalue weighted by molar-refractivity contribution is -0.142. The van der Waals surface area contributed by atoms with Crippen molar-refractivity contribution in [1.29, 1.82) is 0 Å². The van der Waals surface area contributed by atoms with Crippen molar-refractivity contribution < 1.29 is 29.3 Å². The lowest BCUT2D eigenvalue weighted by atomic mass is 9.98. The molecular formula is C27H32N2O6. The zero-order chi connectivity index (χ0) is 24.8. The molecule has 0 radical (unpaired) electrons. The van der Waals surface area contributed by atoms with Gasteiger partial charge in [-0.25, -0.2) is 9.59 Å². The zero-order valence-corrected chi connectivity index (χ0v) is 19.6. The molecular weight excluding hydrogens is 448 g/mol. The molecule has 3 atom stereocenters. The predicted molar refractivity (Wildman–Crippen MR) is 130 cm³/mol. The van der Waals surface area contributed by atoms with Gasteiger partial charge in [-0.05, 0) is 53.4 Å². The van der Waals surface area contributed by atoms with E-state index in [9.17, 15) is 14.4 Å². The number of ether oxygens (including phenoxy) is 1. The Hall–Kier alpha value is -3.39. The average molecular weight is 481 g/mol. The van der Waals surface area contributed by atoms with Crippen molar-refractivity contribution in [3.05, 3.63) is 59.7 Å². The number of carboxylic acids is 1. The number of aliphatic hydroxyl groups is 1. The summed E-state index contributed by atoms with van der Waals surface area (Å²) in [6.45, 7) is 0.452. The molecule has 0 heterocycles. The highest BCUT2D eigenvalue weighted by molar-refractivity contribution is 5.83. The standard InChI is InChI=1S/C27H32N2O6/c30-12-11-24(26(32)33)29-25(31)14-17-9-10-18(13-17)15-28-27(34)35-16-23-21-7-3-1-5-19(21)20-6-2-4-8-22(20)23/h1-8,17-18,23-24,30H,9-16H2,(H,28,34)(H,29,31)(H,32,33). The second kappa shape index (κ2) is 11.4. The van der Waals surface area contributed by atoms with Gasteiger partial charge in [-0.3, -0.25) is 4.79 Å². The lowest BCUT2D eigenvalue weighted by Gasteiger charge is -2.17. The summed E-state index contributed by atoms with van der Waals surface area (Å²) in [5.74, 6) is -1.05. The number of rotatable bonds is 10. The third kappa shape index (κ3) is 6.00. The highest BCUT2D eigenvalue weighted by Crippen LogP contribution is 2.44. The fourth-order valence-corrected chi connectivity index (χ4v) is 5.33. The van der Waals surface area contributed by atoms with Gasteiger partial charge >= 0.3 is 12.1 Å². The molecule has 1 saturated carbocycles. The van der Waals surface area contributed by atoms with Crippen molar-refractivity contribution in [2.45, 2.75) is 44.1 Å². The molecule has 0 spiro atoms. The molecule has 2 aromatic carbocycles. The van der Waals surface area contributed by atoms with Gasteiger partial charge in [0.25, 0.3) is 0 Å². The van der Waals surface area contributed by atoms with Gasteiger partial charge in [0.2, 0.25) is 5.91 Å². The van der Waals surface area contributed by atoms with Crippen LogP contribution in [0.5, 0.6) is 0 Å². The van der Waals surface area contributed by atoms with Crippen molar-refractivity contribution in [3.8, 4) is 11.1 Å². The SMILES string of the molecule is O=C(CC1CCC(CNC(=O)OCC2c3ccccc3-c3ccccc32)C1)NC(CCO)C(=O)O. The average Bonchev–Trinajstić information content (AvgIpc) is 3.43. The van der Waals surface area contributed by atoms with Crippen LogP contribution in [0.4, 0.5) is 4.79 Å². The van der Waals surface area contributed by atoms with Gasteiger partial charge in [0.15, 0.2) is 0 Å². The molecule has 1 fully saturated rings. The highest BCUT2D eigenvalue weighted by Gasteiger charge is 2.30. The number of benzene rings is 2. The van der Waals surface area contributed by atoms with Crippen molar-refractivity contribution in [2.24, 2.45) is 11.8 Å². The molecule has 2 aromatic rings. The topological polar surface area (TPSA) is 125 Å². The molecule has 35 heavy (non-hydrogen) atoms. The monoisotopic (exact) mass is 480 g/mol. The van der Waals surface area contributed by atoms with Gasteiger partial charge in [0, 0.05) is 31.9 Å². The number of alkyl carbamates (subject to hydrolysis) is 1. The fraction of sp³-hybridized carbons (Fsp3) is 0.444. The smallest absolute Gasteiger partial charge is 0.407 e. The first kappa shape index (κ1) is 24.7. The molecule has 0 aromatic heterocycles. The summed E-state index contributed by atoms with van der Waals surface area (Å²) in [6.07, 6.45) is 2.31. The van der Waals surface area contributed by atoms with E-state index in [0.717, 1.165) is 19.3 Å². The van der Waals surface area contributed by atoms with E-state index < -0.39 is 18.1 Å². The second-order valence-electron chi connectivity index (χ2n) is 9.43. The highest BCUT2D eigenvalue weighted by atomic mass is 16.5. The lowest BCUT2D eigenvalue weighted by Crippen LogP contribution is -2.41. The van der Waals surface area contributed by atoms with E-state index in [1.807, 2.05) is 24.3 Å². The molecule has 2 aliphatic rings. The molecule has 3 unspecified atom stereocenters. The second-order valence-corrected chi connectivity index (χ2v) is 9.43. The summed E-state index contributed by atoms with van der Waals surface area (Å²) < 4.78 is 5.59. The van der Waals surface area contributed by atoms with E-state index in [-0.39, 0.29) is 49.7 Å². The zero-order valence-electron chi connectivity index (χ0n) is 19.6. The Morgan fingerprint density at radius 1 is 0.971 bits per heavy atom. The number of carboxylic acid groups (broad SMARTS) is 1. The molecule has 2 aliphatic carbocycles. The minimum Gasteiger partial charge on any atom is -0.480 e. The summed E-state index contributed by atoms with van der Waals surface area (Å²) in [5, 5.41) is 23.4. The van der Waals surface area contributed by atoms with E-state index in [2.05, 4.69) is 34.9 Å². The number of aliphatic carboxylic acids is 1. The molecule has 8 heteroatoms. The molecule has 186 valence electrons. The quantitative estimate of drug-likeness (QED) is 0.414. The Morgan fingerprint density at radius 3 is 2.23 bits per heavy atom. The summed E-state index contributed by atoms with van der Waals surface area (Å²) in [5.41, 5.74) is 4.71. The van der Waals surface area contributed by atoms with E-state index in [1.165, 1.54) is 22.3 Å². The van der Waals surface area contributed by atoms with Crippen LogP contribution < -0.4 is 10.6 Å². The van der Waals surface area contributed by atoms with Crippen molar-refractivity contribution in [2.75, 3.05) is 19.8 Å². The van der Waals surface area contributed by atoms with Crippen molar-refractivity contribution in [3.63, 3.8) is 0 Å². The number of nitrogens with one attached hydrogen (secondary N) is 2. The van der Waals surface area contributed by atoms with Crippen LogP contribution in [0, 0.1) is 11.8 Å². The third-order valence-corrected chi connectivity index (χ3v) is 7.05. The number of amides is 2. The van der Waals surface area contributed by atoms with Crippen LogP contribution in [0.15, 0.2) is 48.5 Å². The summed E-state index contributed by atoms with van der Waals surface area (Å²) in [4.78, 5) is 35.8. The van der Waals surface area contributed by atoms with Gasteiger partial charge in [-0.15, -0.1) is 0 Å². The van der Waals surface area contributed by atoms with E-state index in [4.69, 9.17) is 14.9 Å². The first-order valence-electron chi connectivity index (χ1n) is 12.2. The summed E-state index contributed by atoms with van der Waals surface area (Å²) >= 11 is 0. The summed E-state index contributed by atoms with van der Waals surface area (Å²) in [7, 11) is 0. The minimum absolute atomic E-state index is 0.0155. The fourth-order valence-electron chi connectivity index (χ4n) is 5.33. The minimum atomic E-state index is -1.15. The Labute approximate surface area is 204 Å². The largest absolute Gasteiger partial charge is 0.480 e. The number of carbonyl (C=O) groups is 3. The van der Waals surface area contributed by atoms with Crippen molar-refractivity contribution >= 4 is 18.0 Å². The molecule has 4 rings (SSSR count). The first-order chi connectivity index (χ1) is 17.0. The molecule has 8 nitrogen and oxygen atoms in total. The number of carbonyl (C=O) groups excluding carboxylic acids is 2. The van der Waals surface area contributed by atoms with Gasteiger partial charge < -0.3 is 25.6 Å². The van der Waals surface area contributed by atoms with Crippen LogP contribution in [-0.2, 0) is 14.3 Å². The maximum Gasteiger partial charge on any atom is 0.407 e. The normalized spacial score (nSPS) is 19.5. The molecule has 0 saturated heterocycles. The number of hydrogen-bond donors (Lipinski definition) is 4. The van der Waals surface area contributed by atoms with Gasteiger partial charge in [-0.2, -0.15) is 0 Å². The van der Waals surface area contributed by atoms with Gasteiger partial charge in [0.1, 0.15) is 12.6 Å². The van der Waals surface area contributed by atoms with Crippen LogP contribution in [0.25, 0.3) is 11.1 Å². The van der Waals surface area contributed by atoms with Gasteiger partial charge in [0.05, 0.1) is 0 Å². The Morgan fingerprint density at radius 2 is 1.60 bits per heavy atom. The molecule has 0 bridgehead atoms. The number of fused-ring (bicyclic) bond motifs is 3. The van der Waals surface area contributed by atoms with Crippen LogP contribution in [-0.4, -0.2) is 54.0 Å². The Balaban J connectivity index is 1.20. The predicted octanol–water partition coefficient (Wildman–Crippen LogP) is 3.28. The maximum atomic E-state index is 12.4. The van der Waals surface area contributed by atoms with E-state index in [1.54, 1.807) is 0 Å². The Kier molecular flexibility index (Phi) is 8.02. The Bertz CT molecular complexity index is 1030. The van der Waals surface area contributed by atoms with E-state index in [0.29, 0.717) is 6.54 Å². The van der Waals surface area contributed by atoms with Crippen LogP contribution >= 0.6 is 0 Å². The number of aliphatic hydroxyl groups excluding tert-OH is 1. The van der Waals surface area contributed by atoms with Crippen molar-refractivity contribution in [1.82, 2.24) is 10.6 Å². The third-order valence-electron chi connectivity index (χ3n) is 7.05. The van der Waals surface area contributed by atoms with Gasteiger partial charge in [-0.1, -0.05) is 48.5 Å². The van der Waals surface area contributed by atoms with Crippen LogP contribution in [0.2, 0.25) is 0 Å². The first-order valence-corrected chi connectivity index (χ1v) is 12.2. The summed E-state index contributed by atoms with van der Waals surface area (Å²) in [6, 6.07) is 15.3. The maximum absolute atomic E-state index is 12.4. The van der Waals surface area contributed by atoms with Crippen LogP contribution in [0.1, 0.15) is 49.1 Å². The van der Waals surface area contributed by atoms with E-state index >= 15 is 0 Å².